The predicted octanol–water partition coefficient (Wildman–Crippen LogP) is -9.71. The maximum atomic E-state index is 13.3. The first-order chi connectivity index (χ1) is 30.3. The first-order valence-corrected chi connectivity index (χ1v) is 21.8. The molecule has 364 valence electrons. The number of nitrogen functional groups attached to an aromatic ring is 1. The van der Waals surface area contributed by atoms with Crippen molar-refractivity contribution in [2.75, 3.05) is 32.0 Å². The molecule has 64 heavy (non-hydrogen) atoms. The summed E-state index contributed by atoms with van der Waals surface area (Å²) in [6.45, 7) is -2.20. The highest BCUT2D eigenvalue weighted by atomic mass is 31.2. The molecule has 6 heterocycles. The molecule has 1 saturated carbocycles. The molecule has 23 N–H and O–H groups in total. The van der Waals surface area contributed by atoms with Gasteiger partial charge in [0.05, 0.1) is 37.7 Å². The molecule has 7 rings (SSSR count). The predicted molar refractivity (Wildman–Crippen MR) is 209 cm³/mol. The zero-order valence-electron chi connectivity index (χ0n) is 33.9. The van der Waals surface area contributed by atoms with E-state index in [0.717, 1.165) is 6.33 Å². The number of aromatic nitrogens is 4. The number of hydrogen-bond donors (Lipinski definition) is 16. The van der Waals surface area contributed by atoms with Crippen LogP contribution in [0, 0.1) is 0 Å². The van der Waals surface area contributed by atoms with E-state index in [4.69, 9.17) is 82.3 Å². The highest BCUT2D eigenvalue weighted by molar-refractivity contribution is 7.47. The Morgan fingerprint density at radius 1 is 0.672 bits per heavy atom. The molecular weight excluding hydrogens is 885 g/mol. The first kappa shape index (κ1) is 49.5. The van der Waals surface area contributed by atoms with Crippen LogP contribution >= 0.6 is 7.82 Å². The summed E-state index contributed by atoms with van der Waals surface area (Å²) in [5.74, 6) is 0.0523. The van der Waals surface area contributed by atoms with E-state index in [9.17, 15) is 50.3 Å². The Morgan fingerprint density at radius 3 is 1.95 bits per heavy atom. The first-order valence-electron chi connectivity index (χ1n) is 20.3. The van der Waals surface area contributed by atoms with Gasteiger partial charge in [0.25, 0.3) is 0 Å². The van der Waals surface area contributed by atoms with Crippen LogP contribution in [0.5, 0.6) is 0 Å². The van der Waals surface area contributed by atoms with Crippen molar-refractivity contribution in [2.24, 2.45) is 34.4 Å². The van der Waals surface area contributed by atoms with E-state index in [1.807, 2.05) is 0 Å². The van der Waals surface area contributed by atoms with Crippen LogP contribution < -0.4 is 40.1 Å². The van der Waals surface area contributed by atoms with Gasteiger partial charge >= 0.3 is 7.82 Å². The van der Waals surface area contributed by atoms with Gasteiger partial charge in [-0.1, -0.05) is 0 Å². The van der Waals surface area contributed by atoms with Crippen molar-refractivity contribution in [3.63, 3.8) is 0 Å². The van der Waals surface area contributed by atoms with E-state index < -0.39 is 168 Å². The third-order valence-corrected chi connectivity index (χ3v) is 13.0. The van der Waals surface area contributed by atoms with Crippen LogP contribution in [0.4, 0.5) is 5.82 Å². The summed E-state index contributed by atoms with van der Waals surface area (Å²) in [4.78, 5) is 22.8. The average molecular weight is 944 g/mol. The third-order valence-electron chi connectivity index (χ3n) is 12.0. The van der Waals surface area contributed by atoms with Gasteiger partial charge in [0.1, 0.15) is 97.3 Å². The van der Waals surface area contributed by atoms with Crippen LogP contribution in [0.15, 0.2) is 12.7 Å². The molecule has 0 aromatic carbocycles. The zero-order valence-corrected chi connectivity index (χ0v) is 34.7. The van der Waals surface area contributed by atoms with Gasteiger partial charge in [0.2, 0.25) is 0 Å². The van der Waals surface area contributed by atoms with Gasteiger partial charge in [0, 0.05) is 25.2 Å². The number of hydrogen-bond acceptors (Lipinski definition) is 28. The molecule has 4 saturated heterocycles. The minimum absolute atomic E-state index is 0.0428. The quantitative estimate of drug-likeness (QED) is 0.0737. The molecule has 0 amide bonds. The summed E-state index contributed by atoms with van der Waals surface area (Å²) in [5, 5.41) is 86.2. The molecule has 2 aromatic heterocycles. The standard InChI is InChI=1S/C33H58N11O19P/c34-2-10-18(47)20(49)14(38)31(57-10)61-25-12(4-45)59-33(23(25)52)62-27-17(46)8(36)1-9(37)24(27)60-32-15(39)21(50)26(11(3-35)58-32)63-64(53,54)55-5-13-19(48)22(51)30(56-13)44-7-43-16-28(40)41-6-42-29(16)44/h6-15,17-27,30-33,45-52H,1-5,34-39H2,(H,53,54)(H2,40,41,42)/t8-,9+,10+,11-,12-,13-,14-,15-,17+,18-,19-,20-,21-,22-,23-,24-,25-,26-,27-,30-,31-,32-,33+/m1/s1. The number of ether oxygens (including phenoxy) is 7. The molecule has 1 aliphatic carbocycles. The van der Waals surface area contributed by atoms with E-state index in [1.54, 1.807) is 0 Å². The van der Waals surface area contributed by atoms with Gasteiger partial charge < -0.3 is 119 Å². The molecule has 30 nitrogen and oxygen atoms in total. The molecule has 5 fully saturated rings. The largest absolute Gasteiger partial charge is 0.472 e. The molecule has 0 radical (unpaired) electrons. The molecule has 24 atom stereocenters. The lowest BCUT2D eigenvalue weighted by atomic mass is 9.84. The monoisotopic (exact) mass is 943 g/mol. The Hall–Kier alpha value is -2.38. The lowest BCUT2D eigenvalue weighted by molar-refractivity contribution is -0.305. The molecule has 1 unspecified atom stereocenters. The number of phosphoric acid groups is 1. The summed E-state index contributed by atoms with van der Waals surface area (Å²) in [7, 11) is -5.17. The summed E-state index contributed by atoms with van der Waals surface area (Å²) >= 11 is 0. The van der Waals surface area contributed by atoms with Crippen molar-refractivity contribution in [1.82, 2.24) is 19.5 Å². The van der Waals surface area contributed by atoms with Gasteiger partial charge in [0.15, 0.2) is 36.6 Å². The van der Waals surface area contributed by atoms with Crippen molar-refractivity contribution in [2.45, 2.75) is 147 Å². The number of nitrogens with two attached hydrogens (primary N) is 7. The topological polar surface area (TPSA) is 508 Å². The van der Waals surface area contributed by atoms with Crippen LogP contribution in [-0.4, -0.2) is 226 Å². The van der Waals surface area contributed by atoms with Gasteiger partial charge in [-0.05, 0) is 6.42 Å². The number of anilines is 1. The average Bonchev–Trinajstić information content (AvgIpc) is 3.92. The van der Waals surface area contributed by atoms with Crippen LogP contribution in [0.2, 0.25) is 0 Å². The highest BCUT2D eigenvalue weighted by Gasteiger charge is 2.55. The third kappa shape index (κ3) is 9.66. The number of fused-ring (bicyclic) bond motifs is 1. The minimum Gasteiger partial charge on any atom is -0.394 e. The Morgan fingerprint density at radius 2 is 1.28 bits per heavy atom. The Balaban J connectivity index is 0.986. The maximum absolute atomic E-state index is 13.3. The fourth-order valence-electron chi connectivity index (χ4n) is 8.36. The number of rotatable bonds is 15. The SMILES string of the molecule is NC[C@@H]1O[C@H](O[C@H]2[C@@H](O)[C@H](O[C@@H]3[C@@H](O)[C@H](N)C[C@H](N)[C@H]3O[C@H]3O[C@H](CN)[C@@H](OP(=O)(O)OC[C@H]4O[C@@H](n5cnc6c(N)ncnc65)[C@H](O)[C@@H]4O)[C@H](O)[C@H]3N)O[C@@H]2CO)[C@H](N)[C@@H](O)[C@@H]1O. The Bertz CT molecular complexity index is 1920. The van der Waals surface area contributed by atoms with Crippen LogP contribution in [0.3, 0.4) is 0 Å². The maximum Gasteiger partial charge on any atom is 0.472 e. The van der Waals surface area contributed by atoms with E-state index in [2.05, 4.69) is 15.0 Å². The van der Waals surface area contributed by atoms with Crippen LogP contribution in [0.25, 0.3) is 11.2 Å². The van der Waals surface area contributed by atoms with Gasteiger partial charge in [-0.3, -0.25) is 13.6 Å². The number of imidazole rings is 1. The minimum atomic E-state index is -5.17. The number of nitrogens with zero attached hydrogens (tertiary/aromatic N) is 4. The van der Waals surface area contributed by atoms with Gasteiger partial charge in [-0.2, -0.15) is 0 Å². The fraction of sp³-hybridized carbons (Fsp3) is 0.848. The second kappa shape index (κ2) is 20.1. The summed E-state index contributed by atoms with van der Waals surface area (Å²) in [6, 6.07) is -4.91. The van der Waals surface area contributed by atoms with Crippen LogP contribution in [-0.2, 0) is 46.8 Å². The molecule has 4 aliphatic heterocycles. The second-order valence-corrected chi connectivity index (χ2v) is 17.6. The normalized spacial score (nSPS) is 46.4. The van der Waals surface area contributed by atoms with Crippen molar-refractivity contribution in [3.05, 3.63) is 12.7 Å². The smallest absolute Gasteiger partial charge is 0.394 e. The molecular formula is C33H58N11O19P. The second-order valence-electron chi connectivity index (χ2n) is 16.2. The van der Waals surface area contributed by atoms with Gasteiger partial charge in [-0.15, -0.1) is 0 Å². The summed E-state index contributed by atoms with van der Waals surface area (Å²) in [5.41, 5.74) is 42.8. The fourth-order valence-corrected chi connectivity index (χ4v) is 9.32. The zero-order chi connectivity index (χ0) is 46.5. The van der Waals surface area contributed by atoms with Crippen molar-refractivity contribution in [1.29, 1.82) is 0 Å². The van der Waals surface area contributed by atoms with Gasteiger partial charge in [-0.25, -0.2) is 19.5 Å². The van der Waals surface area contributed by atoms with Crippen LogP contribution in [0.1, 0.15) is 12.6 Å². The molecule has 2 aromatic rings. The highest BCUT2D eigenvalue weighted by Crippen LogP contribution is 2.48. The number of phosphoric ester groups is 1. The van der Waals surface area contributed by atoms with E-state index in [0.29, 0.717) is 0 Å². The van der Waals surface area contributed by atoms with E-state index in [1.165, 1.54) is 10.9 Å². The number of aliphatic hydroxyl groups excluding tert-OH is 8. The molecule has 31 heteroatoms. The summed E-state index contributed by atoms with van der Waals surface area (Å²) in [6.07, 6.45) is -26.1. The molecule has 5 aliphatic rings. The molecule has 0 bridgehead atoms. The van der Waals surface area contributed by atoms with Crippen molar-refractivity contribution >= 4 is 24.8 Å². The Kier molecular flexibility index (Phi) is 15.5. The van der Waals surface area contributed by atoms with E-state index >= 15 is 0 Å². The number of aliphatic hydroxyl groups is 8. The van der Waals surface area contributed by atoms with E-state index in [-0.39, 0.29) is 29.9 Å². The van der Waals surface area contributed by atoms with Crippen molar-refractivity contribution in [3.8, 4) is 0 Å². The molecule has 0 spiro atoms. The summed E-state index contributed by atoms with van der Waals surface area (Å²) < 4.78 is 66.0. The lowest BCUT2D eigenvalue weighted by Gasteiger charge is -2.47. The van der Waals surface area contributed by atoms with Crippen molar-refractivity contribution < 1.29 is 92.5 Å². The lowest BCUT2D eigenvalue weighted by Crippen LogP contribution is -2.68. The Labute approximate surface area is 362 Å².